The first kappa shape index (κ1) is 22.8. The van der Waals surface area contributed by atoms with Crippen LogP contribution < -0.4 is 15.5 Å². The van der Waals surface area contributed by atoms with Crippen molar-refractivity contribution in [2.45, 2.75) is 20.4 Å². The summed E-state index contributed by atoms with van der Waals surface area (Å²) >= 11 is 18.0. The van der Waals surface area contributed by atoms with E-state index in [9.17, 15) is 4.79 Å². The summed E-state index contributed by atoms with van der Waals surface area (Å²) in [6, 6.07) is 13.7. The van der Waals surface area contributed by atoms with Gasteiger partial charge >= 0.3 is 0 Å². The van der Waals surface area contributed by atoms with Gasteiger partial charge in [-0.05, 0) is 42.0 Å². The molecule has 1 saturated heterocycles. The number of benzene rings is 2. The van der Waals surface area contributed by atoms with Crippen molar-refractivity contribution < 1.29 is 4.79 Å². The Morgan fingerprint density at radius 1 is 1.07 bits per heavy atom. The third-order valence-electron chi connectivity index (χ3n) is 5.03. The van der Waals surface area contributed by atoms with Crippen molar-refractivity contribution in [3.05, 3.63) is 58.1 Å². The van der Waals surface area contributed by atoms with Gasteiger partial charge in [0, 0.05) is 49.4 Å². The van der Waals surface area contributed by atoms with Crippen molar-refractivity contribution >= 4 is 57.8 Å². The average molecular weight is 465 g/mol. The van der Waals surface area contributed by atoms with Crippen LogP contribution in [0.2, 0.25) is 10.0 Å². The molecule has 2 aromatic carbocycles. The van der Waals surface area contributed by atoms with Crippen LogP contribution in [-0.4, -0.2) is 42.1 Å². The molecule has 5 nitrogen and oxygen atoms in total. The lowest BCUT2D eigenvalue weighted by atomic mass is 10.2. The van der Waals surface area contributed by atoms with Gasteiger partial charge in [0.2, 0.25) is 5.91 Å². The number of hydrogen-bond acceptors (Lipinski definition) is 4. The third kappa shape index (κ3) is 6.08. The van der Waals surface area contributed by atoms with Crippen LogP contribution >= 0.6 is 35.4 Å². The first-order valence-corrected chi connectivity index (χ1v) is 11.1. The summed E-state index contributed by atoms with van der Waals surface area (Å²) in [5, 5.41) is 7.41. The van der Waals surface area contributed by atoms with Crippen LogP contribution in [-0.2, 0) is 11.3 Å². The van der Waals surface area contributed by atoms with E-state index >= 15 is 0 Å². The molecule has 1 aliphatic rings. The normalized spacial score (nSPS) is 14.6. The highest BCUT2D eigenvalue weighted by Gasteiger charge is 2.20. The summed E-state index contributed by atoms with van der Waals surface area (Å²) in [5.74, 6) is -0.253. The summed E-state index contributed by atoms with van der Waals surface area (Å²) in [4.78, 5) is 16.4. The summed E-state index contributed by atoms with van der Waals surface area (Å²) in [5.41, 5.74) is 2.90. The number of rotatable bonds is 5. The number of anilines is 2. The van der Waals surface area contributed by atoms with Gasteiger partial charge in [0.05, 0.1) is 10.7 Å². The molecule has 1 heterocycles. The number of piperazine rings is 1. The topological polar surface area (TPSA) is 47.6 Å². The van der Waals surface area contributed by atoms with Crippen molar-refractivity contribution in [1.29, 1.82) is 0 Å². The molecule has 0 saturated carbocycles. The zero-order valence-corrected chi connectivity index (χ0v) is 19.4. The smallest absolute Gasteiger partial charge is 0.228 e. The standard InChI is InChI=1S/C22H26Cl2N4OS/c1-15(2)21(29)26-22(30)25-17-7-8-20(19(24)13-17)28-11-9-27(10-12-28)14-16-5-3-4-6-18(16)23/h3-8,13,15H,9-12,14H2,1-2H3,(H2,25,26,29,30). The Bertz CT molecular complexity index is 914. The molecule has 0 spiro atoms. The van der Waals surface area contributed by atoms with Crippen molar-refractivity contribution in [3.63, 3.8) is 0 Å². The molecule has 0 aliphatic carbocycles. The molecule has 0 bridgehead atoms. The summed E-state index contributed by atoms with van der Waals surface area (Å²) < 4.78 is 0. The van der Waals surface area contributed by atoms with Crippen molar-refractivity contribution in [1.82, 2.24) is 10.2 Å². The lowest BCUT2D eigenvalue weighted by Crippen LogP contribution is -2.46. The molecule has 2 N–H and O–H groups in total. The molecule has 1 fully saturated rings. The van der Waals surface area contributed by atoms with Crippen molar-refractivity contribution in [2.24, 2.45) is 5.92 Å². The van der Waals surface area contributed by atoms with Crippen molar-refractivity contribution in [2.75, 3.05) is 36.4 Å². The molecular formula is C22H26Cl2N4OS. The molecule has 3 rings (SSSR count). The number of nitrogens with one attached hydrogen (secondary N) is 2. The minimum atomic E-state index is -0.132. The molecule has 160 valence electrons. The zero-order chi connectivity index (χ0) is 21.7. The fourth-order valence-corrected chi connectivity index (χ4v) is 3.99. The van der Waals surface area contributed by atoms with Gasteiger partial charge in [0.25, 0.3) is 0 Å². The van der Waals surface area contributed by atoms with E-state index in [4.69, 9.17) is 35.4 Å². The molecule has 8 heteroatoms. The Morgan fingerprint density at radius 3 is 2.40 bits per heavy atom. The second-order valence-electron chi connectivity index (χ2n) is 7.62. The zero-order valence-electron chi connectivity index (χ0n) is 17.1. The maximum absolute atomic E-state index is 11.7. The molecule has 1 amide bonds. The lowest BCUT2D eigenvalue weighted by Gasteiger charge is -2.36. The first-order valence-electron chi connectivity index (χ1n) is 9.95. The van der Waals surface area contributed by atoms with E-state index in [1.165, 1.54) is 0 Å². The van der Waals surface area contributed by atoms with Crippen LogP contribution in [0, 0.1) is 5.92 Å². The highest BCUT2D eigenvalue weighted by Crippen LogP contribution is 2.30. The molecule has 0 radical (unpaired) electrons. The Kier molecular flexibility index (Phi) is 7.94. The van der Waals surface area contributed by atoms with Crippen LogP contribution in [0.3, 0.4) is 0 Å². The van der Waals surface area contributed by atoms with E-state index in [2.05, 4.69) is 26.5 Å². The fourth-order valence-electron chi connectivity index (χ4n) is 3.27. The molecule has 0 unspecified atom stereocenters. The Labute approximate surface area is 193 Å². The molecule has 30 heavy (non-hydrogen) atoms. The minimum absolute atomic E-state index is 0.120. The van der Waals surface area contributed by atoms with Gasteiger partial charge in [-0.15, -0.1) is 0 Å². The fraction of sp³-hybridized carbons (Fsp3) is 0.364. The number of carbonyl (C=O) groups is 1. The van der Waals surface area contributed by atoms with Crippen LogP contribution in [0.15, 0.2) is 42.5 Å². The average Bonchev–Trinajstić information content (AvgIpc) is 2.70. The lowest BCUT2D eigenvalue weighted by molar-refractivity contribution is -0.122. The number of amides is 1. The van der Waals surface area contributed by atoms with E-state index < -0.39 is 0 Å². The molecule has 0 atom stereocenters. The molecule has 0 aromatic heterocycles. The number of thiocarbonyl (C=S) groups is 1. The van der Waals surface area contributed by atoms with E-state index in [0.717, 1.165) is 54.7 Å². The maximum atomic E-state index is 11.7. The minimum Gasteiger partial charge on any atom is -0.368 e. The van der Waals surface area contributed by atoms with Gasteiger partial charge in [-0.25, -0.2) is 0 Å². The largest absolute Gasteiger partial charge is 0.368 e. The monoisotopic (exact) mass is 464 g/mol. The maximum Gasteiger partial charge on any atom is 0.228 e. The predicted molar refractivity (Wildman–Crippen MR) is 130 cm³/mol. The van der Waals surface area contributed by atoms with Gasteiger partial charge < -0.3 is 15.5 Å². The van der Waals surface area contributed by atoms with Crippen LogP contribution in [0.4, 0.5) is 11.4 Å². The van der Waals surface area contributed by atoms with Crippen LogP contribution in [0.5, 0.6) is 0 Å². The van der Waals surface area contributed by atoms with Gasteiger partial charge in [-0.2, -0.15) is 0 Å². The first-order chi connectivity index (χ1) is 14.3. The SMILES string of the molecule is CC(C)C(=O)NC(=S)Nc1ccc(N2CCN(Cc3ccccc3Cl)CC2)c(Cl)c1. The second-order valence-corrected chi connectivity index (χ2v) is 8.84. The van der Waals surface area contributed by atoms with Gasteiger partial charge in [0.1, 0.15) is 0 Å². The van der Waals surface area contributed by atoms with Crippen molar-refractivity contribution in [3.8, 4) is 0 Å². The number of hydrogen-bond donors (Lipinski definition) is 2. The van der Waals surface area contributed by atoms with Gasteiger partial charge in [-0.1, -0.05) is 55.2 Å². The molecule has 2 aromatic rings. The Hall–Kier alpha value is -1.86. The Balaban J connectivity index is 1.55. The summed E-state index contributed by atoms with van der Waals surface area (Å²) in [6.45, 7) is 8.14. The number of carbonyl (C=O) groups excluding carboxylic acids is 1. The number of nitrogens with zero attached hydrogens (tertiary/aromatic N) is 2. The molecule has 1 aliphatic heterocycles. The number of halogens is 2. The van der Waals surface area contributed by atoms with E-state index in [0.29, 0.717) is 5.02 Å². The highest BCUT2D eigenvalue weighted by atomic mass is 35.5. The summed E-state index contributed by atoms with van der Waals surface area (Å²) in [6.07, 6.45) is 0. The molecular weight excluding hydrogens is 439 g/mol. The van der Waals surface area contributed by atoms with Crippen LogP contribution in [0.25, 0.3) is 0 Å². The van der Waals surface area contributed by atoms with E-state index in [1.54, 1.807) is 0 Å². The van der Waals surface area contributed by atoms with Gasteiger partial charge in [-0.3, -0.25) is 9.69 Å². The Morgan fingerprint density at radius 2 is 1.77 bits per heavy atom. The predicted octanol–water partition coefficient (Wildman–Crippen LogP) is 4.78. The second kappa shape index (κ2) is 10.4. The summed E-state index contributed by atoms with van der Waals surface area (Å²) in [7, 11) is 0. The third-order valence-corrected chi connectivity index (χ3v) is 5.91. The quantitative estimate of drug-likeness (QED) is 0.623. The highest BCUT2D eigenvalue weighted by molar-refractivity contribution is 7.80. The van der Waals surface area contributed by atoms with Crippen LogP contribution in [0.1, 0.15) is 19.4 Å². The van der Waals surface area contributed by atoms with E-state index in [1.807, 2.05) is 50.2 Å². The van der Waals surface area contributed by atoms with E-state index in [-0.39, 0.29) is 16.9 Å². The van der Waals surface area contributed by atoms with Gasteiger partial charge in [0.15, 0.2) is 5.11 Å².